The zero-order valence-electron chi connectivity index (χ0n) is 22.1. The van der Waals surface area contributed by atoms with Crippen LogP contribution in [0.2, 0.25) is 0 Å². The Kier molecular flexibility index (Phi) is 5.85. The fourth-order valence-electron chi connectivity index (χ4n) is 5.57. The van der Waals surface area contributed by atoms with Crippen molar-refractivity contribution in [2.24, 2.45) is 0 Å². The summed E-state index contributed by atoms with van der Waals surface area (Å²) in [7, 11) is 0. The zero-order chi connectivity index (χ0) is 28.1. The number of nitrogens with zero attached hydrogens (tertiary/aromatic N) is 2. The highest BCUT2D eigenvalue weighted by molar-refractivity contribution is 7.17. The van der Waals surface area contributed by atoms with Gasteiger partial charge in [-0.2, -0.15) is 5.26 Å². The molecule has 5 heteroatoms. The fraction of sp³-hybridized carbons (Fsp3) is 0.0278. The number of aryl methyl sites for hydroxylation is 1. The Balaban J connectivity index is 1.34. The van der Waals surface area contributed by atoms with Crippen molar-refractivity contribution in [2.75, 3.05) is 4.90 Å². The maximum absolute atomic E-state index is 13.4. The van der Waals surface area contributed by atoms with Gasteiger partial charge in [-0.25, -0.2) is 0 Å². The molecule has 1 aliphatic carbocycles. The van der Waals surface area contributed by atoms with Gasteiger partial charge in [0.05, 0.1) is 22.9 Å². The van der Waals surface area contributed by atoms with Crippen LogP contribution in [-0.2, 0) is 0 Å². The van der Waals surface area contributed by atoms with Gasteiger partial charge < -0.3 is 4.90 Å². The van der Waals surface area contributed by atoms with Crippen LogP contribution < -0.4 is 4.90 Å². The Hall–Kier alpha value is -5.31. The van der Waals surface area contributed by atoms with E-state index in [0.717, 1.165) is 42.8 Å². The highest BCUT2D eigenvalue weighted by Gasteiger charge is 2.33. The number of hydrogen-bond acceptors (Lipinski definition) is 5. The predicted molar refractivity (Wildman–Crippen MR) is 167 cm³/mol. The van der Waals surface area contributed by atoms with Crippen molar-refractivity contribution < 1.29 is 9.59 Å². The number of benzene rings is 5. The van der Waals surface area contributed by atoms with Crippen LogP contribution in [0.3, 0.4) is 0 Å². The van der Waals surface area contributed by atoms with Gasteiger partial charge in [0.15, 0.2) is 11.6 Å². The number of hydrogen-bond donors (Lipinski definition) is 0. The van der Waals surface area contributed by atoms with Crippen molar-refractivity contribution in [1.29, 1.82) is 5.26 Å². The first-order chi connectivity index (χ1) is 20.0. The highest BCUT2D eigenvalue weighted by atomic mass is 32.1. The summed E-state index contributed by atoms with van der Waals surface area (Å²) in [4.78, 5) is 29.7. The van der Waals surface area contributed by atoms with Crippen molar-refractivity contribution in [3.63, 3.8) is 0 Å². The van der Waals surface area contributed by atoms with Crippen LogP contribution >= 0.6 is 11.3 Å². The molecule has 0 N–H and O–H groups in total. The van der Waals surface area contributed by atoms with Crippen LogP contribution in [-0.4, -0.2) is 11.6 Å². The summed E-state index contributed by atoms with van der Waals surface area (Å²) >= 11 is 1.49. The first kappa shape index (κ1) is 24.7. The van der Waals surface area contributed by atoms with Gasteiger partial charge in [0.2, 0.25) is 0 Å². The maximum atomic E-state index is 13.4. The van der Waals surface area contributed by atoms with E-state index in [2.05, 4.69) is 42.2 Å². The summed E-state index contributed by atoms with van der Waals surface area (Å²) in [6, 6.07) is 37.6. The molecule has 0 radical (unpaired) electrons. The standard InChI is InChI=1S/C36H22N2O2S/c1-22-7-4-13-29-28(22)12-6-14-33(29)38(26-11-5-8-23(17-26)21-37)34-16-15-27(41-34)20-32-35(39)30-18-24-9-2-3-10-25(24)19-31(30)36(32)40/h2-20H,1H3. The number of anilines is 3. The van der Waals surface area contributed by atoms with Crippen molar-refractivity contribution in [1.82, 2.24) is 0 Å². The second-order valence-electron chi connectivity index (χ2n) is 10.1. The number of ketones is 2. The lowest BCUT2D eigenvalue weighted by atomic mass is 10.0. The number of thiophene rings is 1. The SMILES string of the molecule is Cc1cccc2c(N(c3cccc(C#N)c3)c3ccc(C=C4C(=O)c5cc6ccccc6cc5C4=O)s3)cccc12. The van der Waals surface area contributed by atoms with E-state index in [1.165, 1.54) is 16.9 Å². The third-order valence-electron chi connectivity index (χ3n) is 7.58. The highest BCUT2D eigenvalue weighted by Crippen LogP contribution is 2.43. The van der Waals surface area contributed by atoms with Gasteiger partial charge in [0.1, 0.15) is 5.00 Å². The van der Waals surface area contributed by atoms with E-state index in [4.69, 9.17) is 0 Å². The van der Waals surface area contributed by atoms with E-state index in [1.54, 1.807) is 12.1 Å². The van der Waals surface area contributed by atoms with E-state index < -0.39 is 0 Å². The van der Waals surface area contributed by atoms with E-state index in [9.17, 15) is 14.9 Å². The van der Waals surface area contributed by atoms with Crippen LogP contribution in [0.5, 0.6) is 0 Å². The molecule has 0 atom stereocenters. The molecular formula is C36H22N2O2S. The normalized spacial score (nSPS) is 12.5. The van der Waals surface area contributed by atoms with Crippen molar-refractivity contribution in [2.45, 2.75) is 6.92 Å². The molecule has 1 heterocycles. The molecular weight excluding hydrogens is 524 g/mol. The lowest BCUT2D eigenvalue weighted by Gasteiger charge is -2.25. The predicted octanol–water partition coefficient (Wildman–Crippen LogP) is 9.17. The first-order valence-corrected chi connectivity index (χ1v) is 14.1. The molecule has 0 amide bonds. The van der Waals surface area contributed by atoms with E-state index in [-0.39, 0.29) is 17.1 Å². The Morgan fingerprint density at radius 1 is 0.732 bits per heavy atom. The third kappa shape index (κ3) is 4.13. The van der Waals surface area contributed by atoms with Gasteiger partial charge in [-0.05, 0) is 83.3 Å². The van der Waals surface area contributed by atoms with Crippen LogP contribution in [0.15, 0.2) is 115 Å². The summed E-state index contributed by atoms with van der Waals surface area (Å²) in [6.07, 6.45) is 1.71. The number of fused-ring (bicyclic) bond motifs is 3. The fourth-order valence-corrected chi connectivity index (χ4v) is 6.55. The second kappa shape index (κ2) is 9.71. The Morgan fingerprint density at radius 2 is 1.41 bits per heavy atom. The smallest absolute Gasteiger partial charge is 0.197 e. The molecule has 1 aliphatic rings. The number of carbonyl (C=O) groups excluding carboxylic acids is 2. The number of Topliss-reactive ketones (excluding diaryl/α,β-unsaturated/α-hetero) is 2. The molecule has 7 rings (SSSR count). The molecule has 4 nitrogen and oxygen atoms in total. The molecule has 0 aliphatic heterocycles. The molecule has 1 aromatic heterocycles. The van der Waals surface area contributed by atoms with Gasteiger partial charge >= 0.3 is 0 Å². The van der Waals surface area contributed by atoms with E-state index in [1.807, 2.05) is 78.9 Å². The average Bonchev–Trinajstić information content (AvgIpc) is 3.55. The summed E-state index contributed by atoms with van der Waals surface area (Å²) in [5.74, 6) is -0.484. The third-order valence-corrected chi connectivity index (χ3v) is 8.59. The van der Waals surface area contributed by atoms with Gasteiger partial charge in [-0.3, -0.25) is 9.59 Å². The number of nitriles is 1. The van der Waals surface area contributed by atoms with Gasteiger partial charge in [-0.1, -0.05) is 60.7 Å². The van der Waals surface area contributed by atoms with E-state index in [0.29, 0.717) is 16.7 Å². The minimum Gasteiger partial charge on any atom is -0.301 e. The summed E-state index contributed by atoms with van der Waals surface area (Å²) in [6.45, 7) is 2.10. The number of rotatable bonds is 4. The van der Waals surface area contributed by atoms with Crippen molar-refractivity contribution in [3.05, 3.63) is 142 Å². The van der Waals surface area contributed by atoms with Crippen LogP contribution in [0.1, 0.15) is 36.7 Å². The molecule has 5 aromatic carbocycles. The second-order valence-corrected chi connectivity index (χ2v) is 11.2. The quantitative estimate of drug-likeness (QED) is 0.163. The Labute approximate surface area is 241 Å². The molecule has 0 bridgehead atoms. The molecule has 0 unspecified atom stereocenters. The summed E-state index contributed by atoms with van der Waals surface area (Å²) < 4.78 is 0. The molecule has 194 valence electrons. The van der Waals surface area contributed by atoms with Gasteiger partial charge in [-0.15, -0.1) is 11.3 Å². The zero-order valence-corrected chi connectivity index (χ0v) is 22.9. The van der Waals surface area contributed by atoms with Gasteiger partial charge in [0, 0.05) is 27.1 Å². The largest absolute Gasteiger partial charge is 0.301 e. The van der Waals surface area contributed by atoms with E-state index >= 15 is 0 Å². The maximum Gasteiger partial charge on any atom is 0.197 e. The molecule has 41 heavy (non-hydrogen) atoms. The first-order valence-electron chi connectivity index (χ1n) is 13.2. The molecule has 0 saturated heterocycles. The van der Waals surface area contributed by atoms with Crippen LogP contribution in [0.4, 0.5) is 16.4 Å². The number of allylic oxidation sites excluding steroid dienone is 1. The van der Waals surface area contributed by atoms with Crippen LogP contribution in [0.25, 0.3) is 27.6 Å². The van der Waals surface area contributed by atoms with Crippen LogP contribution in [0, 0.1) is 18.3 Å². The monoisotopic (exact) mass is 546 g/mol. The molecule has 6 aromatic rings. The van der Waals surface area contributed by atoms with Crippen molar-refractivity contribution >= 4 is 66.9 Å². The van der Waals surface area contributed by atoms with Gasteiger partial charge in [0.25, 0.3) is 0 Å². The lowest BCUT2D eigenvalue weighted by molar-refractivity contribution is 0.0990. The molecule has 0 spiro atoms. The minimum atomic E-state index is -0.242. The summed E-state index contributed by atoms with van der Waals surface area (Å²) in [5, 5.41) is 14.6. The lowest BCUT2D eigenvalue weighted by Crippen LogP contribution is -2.09. The summed E-state index contributed by atoms with van der Waals surface area (Å²) in [5.41, 5.74) is 4.67. The minimum absolute atomic E-state index is 0.183. The van der Waals surface area contributed by atoms with Crippen molar-refractivity contribution in [3.8, 4) is 6.07 Å². The average molecular weight is 547 g/mol. The Morgan fingerprint density at radius 3 is 2.15 bits per heavy atom. The topological polar surface area (TPSA) is 61.2 Å². The molecule has 0 fully saturated rings. The Bertz CT molecular complexity index is 2070. The number of carbonyl (C=O) groups is 2. The molecule has 0 saturated carbocycles.